The molecule has 28 heavy (non-hydrogen) atoms. The van der Waals surface area contributed by atoms with Crippen LogP contribution in [0, 0.1) is 20.8 Å². The molecule has 0 atom stereocenters. The Morgan fingerprint density at radius 1 is 1.00 bits per heavy atom. The molecule has 2 aliphatic rings. The molecule has 2 saturated heterocycles. The first-order chi connectivity index (χ1) is 13.6. The SMILES string of the molecule is Cc1ccccc1Cn1c(C)c(N2CCOCC2)c(C)c1C(=O)N1CCCC1. The van der Waals surface area contributed by atoms with Crippen LogP contribution in [-0.4, -0.2) is 54.8 Å². The van der Waals surface area contributed by atoms with E-state index < -0.39 is 0 Å². The summed E-state index contributed by atoms with van der Waals surface area (Å²) in [5, 5.41) is 0. The number of carbonyl (C=O) groups excluding carboxylic acids is 1. The molecule has 0 saturated carbocycles. The highest BCUT2D eigenvalue weighted by Crippen LogP contribution is 2.33. The van der Waals surface area contributed by atoms with Gasteiger partial charge < -0.3 is 19.1 Å². The van der Waals surface area contributed by atoms with Crippen LogP contribution in [-0.2, 0) is 11.3 Å². The molecule has 1 amide bonds. The summed E-state index contributed by atoms with van der Waals surface area (Å²) < 4.78 is 7.81. The van der Waals surface area contributed by atoms with Crippen molar-refractivity contribution in [3.63, 3.8) is 0 Å². The summed E-state index contributed by atoms with van der Waals surface area (Å²) in [6, 6.07) is 8.47. The number of ether oxygens (including phenoxy) is 1. The molecule has 0 N–H and O–H groups in total. The lowest BCUT2D eigenvalue weighted by atomic mass is 10.1. The normalized spacial score (nSPS) is 17.4. The van der Waals surface area contributed by atoms with E-state index >= 15 is 0 Å². The maximum Gasteiger partial charge on any atom is 0.270 e. The average Bonchev–Trinajstić information content (AvgIpc) is 3.31. The van der Waals surface area contributed by atoms with E-state index in [1.54, 1.807) is 0 Å². The van der Waals surface area contributed by atoms with Gasteiger partial charge in [-0.2, -0.15) is 0 Å². The maximum absolute atomic E-state index is 13.5. The van der Waals surface area contributed by atoms with Gasteiger partial charge >= 0.3 is 0 Å². The van der Waals surface area contributed by atoms with Gasteiger partial charge in [-0.1, -0.05) is 24.3 Å². The second-order valence-corrected chi connectivity index (χ2v) is 8.02. The fourth-order valence-electron chi connectivity index (χ4n) is 4.64. The Kier molecular flexibility index (Phi) is 5.44. The number of hydrogen-bond donors (Lipinski definition) is 0. The van der Waals surface area contributed by atoms with Crippen molar-refractivity contribution in [1.29, 1.82) is 0 Å². The van der Waals surface area contributed by atoms with Crippen LogP contribution in [0.4, 0.5) is 5.69 Å². The molecule has 0 unspecified atom stereocenters. The molecule has 150 valence electrons. The summed E-state index contributed by atoms with van der Waals surface area (Å²) in [5.74, 6) is 0.186. The molecule has 3 heterocycles. The molecule has 0 aliphatic carbocycles. The van der Waals surface area contributed by atoms with Crippen molar-refractivity contribution in [2.45, 2.75) is 40.2 Å². The number of likely N-dealkylation sites (tertiary alicyclic amines) is 1. The second kappa shape index (κ2) is 8.00. The van der Waals surface area contributed by atoms with Gasteiger partial charge in [0.25, 0.3) is 5.91 Å². The third kappa shape index (κ3) is 3.44. The van der Waals surface area contributed by atoms with Gasteiger partial charge in [-0.15, -0.1) is 0 Å². The van der Waals surface area contributed by atoms with Crippen LogP contribution in [0.1, 0.15) is 45.7 Å². The fraction of sp³-hybridized carbons (Fsp3) is 0.522. The molecule has 5 nitrogen and oxygen atoms in total. The average molecular weight is 382 g/mol. The number of benzene rings is 1. The molecule has 2 fully saturated rings. The number of nitrogens with zero attached hydrogens (tertiary/aromatic N) is 3. The van der Waals surface area contributed by atoms with Crippen molar-refractivity contribution in [2.24, 2.45) is 0 Å². The molecule has 1 aromatic heterocycles. The van der Waals surface area contributed by atoms with Gasteiger partial charge in [0, 0.05) is 44.0 Å². The molecule has 0 bridgehead atoms. The summed E-state index contributed by atoms with van der Waals surface area (Å²) in [4.78, 5) is 17.9. The molecule has 1 aromatic carbocycles. The van der Waals surface area contributed by atoms with Crippen molar-refractivity contribution in [2.75, 3.05) is 44.3 Å². The molecule has 0 spiro atoms. The Hall–Kier alpha value is -2.27. The monoisotopic (exact) mass is 381 g/mol. The Bertz CT molecular complexity index is 859. The van der Waals surface area contributed by atoms with Crippen molar-refractivity contribution < 1.29 is 9.53 Å². The Morgan fingerprint density at radius 3 is 2.36 bits per heavy atom. The van der Waals surface area contributed by atoms with Gasteiger partial charge in [0.05, 0.1) is 18.9 Å². The summed E-state index contributed by atoms with van der Waals surface area (Å²) in [7, 11) is 0. The maximum atomic E-state index is 13.5. The molecular formula is C23H31N3O2. The third-order valence-corrected chi connectivity index (χ3v) is 6.24. The first kappa shape index (κ1) is 19.1. The van der Waals surface area contributed by atoms with Gasteiger partial charge in [0.2, 0.25) is 0 Å². The number of morpholine rings is 1. The van der Waals surface area contributed by atoms with Crippen LogP contribution in [0.25, 0.3) is 0 Å². The minimum absolute atomic E-state index is 0.186. The number of aromatic nitrogens is 1. The lowest BCUT2D eigenvalue weighted by Gasteiger charge is -2.29. The number of rotatable bonds is 4. The van der Waals surface area contributed by atoms with E-state index in [4.69, 9.17) is 4.74 Å². The zero-order valence-corrected chi connectivity index (χ0v) is 17.3. The van der Waals surface area contributed by atoms with E-state index in [-0.39, 0.29) is 5.91 Å². The predicted molar refractivity (Wildman–Crippen MR) is 112 cm³/mol. The highest BCUT2D eigenvalue weighted by atomic mass is 16.5. The van der Waals surface area contributed by atoms with E-state index in [1.807, 2.05) is 4.90 Å². The van der Waals surface area contributed by atoms with Crippen LogP contribution < -0.4 is 4.90 Å². The van der Waals surface area contributed by atoms with Crippen LogP contribution in [0.2, 0.25) is 0 Å². The molecule has 0 radical (unpaired) electrons. The largest absolute Gasteiger partial charge is 0.378 e. The van der Waals surface area contributed by atoms with Crippen molar-refractivity contribution >= 4 is 11.6 Å². The number of carbonyl (C=O) groups is 1. The van der Waals surface area contributed by atoms with Crippen LogP contribution in [0.3, 0.4) is 0 Å². The van der Waals surface area contributed by atoms with E-state index in [0.29, 0.717) is 0 Å². The summed E-state index contributed by atoms with van der Waals surface area (Å²) >= 11 is 0. The minimum atomic E-state index is 0.186. The zero-order valence-electron chi connectivity index (χ0n) is 17.3. The molecule has 2 aliphatic heterocycles. The van der Waals surface area contributed by atoms with E-state index in [1.165, 1.54) is 22.5 Å². The second-order valence-electron chi connectivity index (χ2n) is 8.02. The molecule has 5 heteroatoms. The third-order valence-electron chi connectivity index (χ3n) is 6.24. The lowest BCUT2D eigenvalue weighted by Crippen LogP contribution is -2.36. The molecular weight excluding hydrogens is 350 g/mol. The minimum Gasteiger partial charge on any atom is -0.378 e. The van der Waals surface area contributed by atoms with E-state index in [0.717, 1.165) is 70.0 Å². The van der Waals surface area contributed by atoms with Gasteiger partial charge in [-0.25, -0.2) is 0 Å². The zero-order chi connectivity index (χ0) is 19.7. The van der Waals surface area contributed by atoms with Gasteiger partial charge in [0.15, 0.2) is 0 Å². The Balaban J connectivity index is 1.79. The fourth-order valence-corrected chi connectivity index (χ4v) is 4.64. The van der Waals surface area contributed by atoms with Crippen molar-refractivity contribution in [3.05, 3.63) is 52.3 Å². The van der Waals surface area contributed by atoms with Crippen molar-refractivity contribution in [3.8, 4) is 0 Å². The van der Waals surface area contributed by atoms with Crippen LogP contribution in [0.15, 0.2) is 24.3 Å². The first-order valence-corrected chi connectivity index (χ1v) is 10.4. The number of amides is 1. The summed E-state index contributed by atoms with van der Waals surface area (Å²) in [6.07, 6.45) is 2.22. The number of hydrogen-bond acceptors (Lipinski definition) is 3. The lowest BCUT2D eigenvalue weighted by molar-refractivity contribution is 0.0781. The highest BCUT2D eigenvalue weighted by molar-refractivity contribution is 5.97. The summed E-state index contributed by atoms with van der Waals surface area (Å²) in [6.45, 7) is 12.2. The first-order valence-electron chi connectivity index (χ1n) is 10.4. The standard InChI is InChI=1S/C23H31N3O2/c1-17-8-4-5-9-20(17)16-26-19(3)21(24-12-14-28-15-13-24)18(2)22(26)23(27)25-10-6-7-11-25/h4-5,8-9H,6-7,10-16H2,1-3H3. The number of anilines is 1. The highest BCUT2D eigenvalue weighted by Gasteiger charge is 2.30. The Labute approximate surface area is 167 Å². The molecule has 4 rings (SSSR count). The topological polar surface area (TPSA) is 37.7 Å². The Morgan fingerprint density at radius 2 is 1.68 bits per heavy atom. The predicted octanol–water partition coefficient (Wildman–Crippen LogP) is 3.53. The summed E-state index contributed by atoms with van der Waals surface area (Å²) in [5.41, 5.74) is 6.92. The number of aryl methyl sites for hydroxylation is 1. The van der Waals surface area contributed by atoms with Crippen molar-refractivity contribution in [1.82, 2.24) is 9.47 Å². The van der Waals surface area contributed by atoms with Crippen LogP contribution in [0.5, 0.6) is 0 Å². The van der Waals surface area contributed by atoms with Gasteiger partial charge in [-0.3, -0.25) is 4.79 Å². The quantitative estimate of drug-likeness (QED) is 0.813. The smallest absolute Gasteiger partial charge is 0.270 e. The van der Waals surface area contributed by atoms with Gasteiger partial charge in [-0.05, 0) is 44.7 Å². The van der Waals surface area contributed by atoms with Crippen LogP contribution >= 0.6 is 0 Å². The van der Waals surface area contributed by atoms with E-state index in [2.05, 4.69) is 54.5 Å². The van der Waals surface area contributed by atoms with Gasteiger partial charge in [0.1, 0.15) is 5.69 Å². The van der Waals surface area contributed by atoms with E-state index in [9.17, 15) is 4.79 Å². The molecule has 2 aromatic rings.